The standard InChI is InChI=1S/C7H12F3NO2/c1-11(2)5(7(8,9)10)4-6(12)13-3/h5H,4H2,1-3H3. The molecule has 1 atom stereocenters. The van der Waals surface area contributed by atoms with Gasteiger partial charge in [0, 0.05) is 0 Å². The summed E-state index contributed by atoms with van der Waals surface area (Å²) in [5.41, 5.74) is 0. The van der Waals surface area contributed by atoms with Gasteiger partial charge in [-0.2, -0.15) is 13.2 Å². The molecule has 0 fully saturated rings. The second-order valence-electron chi connectivity index (χ2n) is 2.80. The number of esters is 1. The summed E-state index contributed by atoms with van der Waals surface area (Å²) in [4.78, 5) is 11.6. The molecule has 0 N–H and O–H groups in total. The van der Waals surface area contributed by atoms with E-state index in [-0.39, 0.29) is 0 Å². The van der Waals surface area contributed by atoms with Crippen LogP contribution in [0.4, 0.5) is 13.2 Å². The van der Waals surface area contributed by atoms with E-state index >= 15 is 0 Å². The summed E-state index contributed by atoms with van der Waals surface area (Å²) in [7, 11) is 3.59. The summed E-state index contributed by atoms with van der Waals surface area (Å²) in [5, 5.41) is 0. The molecule has 78 valence electrons. The van der Waals surface area contributed by atoms with Crippen LogP contribution in [-0.4, -0.2) is 44.3 Å². The van der Waals surface area contributed by atoms with E-state index < -0.39 is 24.6 Å². The molecule has 0 aromatic carbocycles. The smallest absolute Gasteiger partial charge is 0.404 e. The number of halogens is 3. The average Bonchev–Trinajstić information content (AvgIpc) is 1.96. The van der Waals surface area contributed by atoms with Gasteiger partial charge >= 0.3 is 12.1 Å². The monoisotopic (exact) mass is 199 g/mol. The lowest BCUT2D eigenvalue weighted by Gasteiger charge is -2.25. The van der Waals surface area contributed by atoms with Crippen molar-refractivity contribution >= 4 is 5.97 Å². The fourth-order valence-corrected chi connectivity index (χ4v) is 0.832. The lowest BCUT2D eigenvalue weighted by molar-refractivity contribution is -0.185. The first kappa shape index (κ1) is 12.2. The van der Waals surface area contributed by atoms with Gasteiger partial charge in [0.1, 0.15) is 6.04 Å². The van der Waals surface area contributed by atoms with Crippen LogP contribution in [0.3, 0.4) is 0 Å². The van der Waals surface area contributed by atoms with Crippen LogP contribution in [0.15, 0.2) is 0 Å². The maximum absolute atomic E-state index is 12.2. The van der Waals surface area contributed by atoms with Crippen LogP contribution in [0.2, 0.25) is 0 Å². The molecule has 0 aromatic heterocycles. The quantitative estimate of drug-likeness (QED) is 0.636. The minimum atomic E-state index is -4.41. The van der Waals surface area contributed by atoms with Gasteiger partial charge in [-0.3, -0.25) is 9.69 Å². The van der Waals surface area contributed by atoms with Crippen molar-refractivity contribution in [2.75, 3.05) is 21.2 Å². The molecule has 0 radical (unpaired) electrons. The third-order valence-corrected chi connectivity index (χ3v) is 1.59. The molecule has 0 heterocycles. The molecule has 0 saturated carbocycles. The molecule has 3 nitrogen and oxygen atoms in total. The maximum atomic E-state index is 12.2. The number of carbonyl (C=O) groups excluding carboxylic acids is 1. The van der Waals surface area contributed by atoms with Gasteiger partial charge in [0.2, 0.25) is 0 Å². The van der Waals surface area contributed by atoms with Crippen LogP contribution in [0.1, 0.15) is 6.42 Å². The lowest BCUT2D eigenvalue weighted by atomic mass is 10.2. The Morgan fingerprint density at radius 3 is 2.15 bits per heavy atom. The Labute approximate surface area is 74.5 Å². The van der Waals surface area contributed by atoms with Gasteiger partial charge in [0.25, 0.3) is 0 Å². The second-order valence-corrected chi connectivity index (χ2v) is 2.80. The van der Waals surface area contributed by atoms with Gasteiger partial charge in [-0.15, -0.1) is 0 Å². The van der Waals surface area contributed by atoms with Gasteiger partial charge in [-0.05, 0) is 14.1 Å². The number of rotatable bonds is 3. The molecule has 13 heavy (non-hydrogen) atoms. The molecule has 0 spiro atoms. The van der Waals surface area contributed by atoms with Crippen molar-refractivity contribution < 1.29 is 22.7 Å². The van der Waals surface area contributed by atoms with Gasteiger partial charge in [-0.1, -0.05) is 0 Å². The minimum absolute atomic E-state index is 0.674. The van der Waals surface area contributed by atoms with Crippen molar-refractivity contribution in [3.05, 3.63) is 0 Å². The summed E-state index contributed by atoms with van der Waals surface area (Å²) in [6.07, 6.45) is -5.08. The Morgan fingerprint density at radius 1 is 1.46 bits per heavy atom. The summed E-state index contributed by atoms with van der Waals surface area (Å²) in [6, 6.07) is -1.78. The lowest BCUT2D eigenvalue weighted by Crippen LogP contribution is -2.43. The topological polar surface area (TPSA) is 29.5 Å². The van der Waals surface area contributed by atoms with Crippen molar-refractivity contribution in [3.8, 4) is 0 Å². The number of alkyl halides is 3. The van der Waals surface area contributed by atoms with Crippen LogP contribution in [-0.2, 0) is 9.53 Å². The molecule has 0 aromatic rings. The van der Waals surface area contributed by atoms with E-state index in [0.29, 0.717) is 0 Å². The SMILES string of the molecule is COC(=O)CC(N(C)C)C(F)(F)F. The highest BCUT2D eigenvalue weighted by molar-refractivity contribution is 5.70. The van der Waals surface area contributed by atoms with E-state index in [9.17, 15) is 18.0 Å². The molecule has 0 aliphatic heterocycles. The molecule has 0 aliphatic rings. The summed E-state index contributed by atoms with van der Waals surface area (Å²) in [6.45, 7) is 0. The van der Waals surface area contributed by atoms with Crippen molar-refractivity contribution in [3.63, 3.8) is 0 Å². The van der Waals surface area contributed by atoms with E-state index in [0.717, 1.165) is 12.0 Å². The molecular weight excluding hydrogens is 187 g/mol. The number of methoxy groups -OCH3 is 1. The number of carbonyl (C=O) groups is 1. The first-order valence-corrected chi connectivity index (χ1v) is 3.59. The third kappa shape index (κ3) is 4.12. The summed E-state index contributed by atoms with van der Waals surface area (Å²) < 4.78 is 40.8. The zero-order valence-electron chi connectivity index (χ0n) is 7.68. The highest BCUT2D eigenvalue weighted by Gasteiger charge is 2.42. The maximum Gasteiger partial charge on any atom is 0.404 e. The van der Waals surface area contributed by atoms with Crippen molar-refractivity contribution in [2.45, 2.75) is 18.6 Å². The van der Waals surface area contributed by atoms with E-state index in [1.807, 2.05) is 0 Å². The fourth-order valence-electron chi connectivity index (χ4n) is 0.832. The Morgan fingerprint density at radius 2 is 1.92 bits per heavy atom. The highest BCUT2D eigenvalue weighted by atomic mass is 19.4. The number of ether oxygens (including phenoxy) is 1. The first-order chi connectivity index (χ1) is 5.79. The highest BCUT2D eigenvalue weighted by Crippen LogP contribution is 2.25. The summed E-state index contributed by atoms with van der Waals surface area (Å²) in [5.74, 6) is -0.865. The molecule has 6 heteroatoms. The van der Waals surface area contributed by atoms with E-state index in [4.69, 9.17) is 0 Å². The average molecular weight is 199 g/mol. The molecule has 0 aliphatic carbocycles. The zero-order valence-corrected chi connectivity index (χ0v) is 7.68. The normalized spacial score (nSPS) is 14.4. The van der Waals surface area contributed by atoms with Gasteiger partial charge in [0.15, 0.2) is 0 Å². The molecule has 0 saturated heterocycles. The number of hydrogen-bond donors (Lipinski definition) is 0. The Hall–Kier alpha value is -0.780. The van der Waals surface area contributed by atoms with Crippen molar-refractivity contribution in [2.24, 2.45) is 0 Å². The summed E-state index contributed by atoms with van der Waals surface area (Å²) >= 11 is 0. The van der Waals surface area contributed by atoms with E-state index in [2.05, 4.69) is 4.74 Å². The Bertz CT molecular complexity index is 179. The van der Waals surface area contributed by atoms with Crippen molar-refractivity contribution in [1.82, 2.24) is 4.90 Å². The van der Waals surface area contributed by atoms with E-state index in [1.165, 1.54) is 14.1 Å². The molecule has 0 amide bonds. The van der Waals surface area contributed by atoms with Crippen LogP contribution in [0, 0.1) is 0 Å². The predicted octanol–water partition coefficient (Wildman–Crippen LogP) is 1.04. The molecule has 0 bridgehead atoms. The first-order valence-electron chi connectivity index (χ1n) is 3.59. The third-order valence-electron chi connectivity index (χ3n) is 1.59. The van der Waals surface area contributed by atoms with Crippen LogP contribution >= 0.6 is 0 Å². The van der Waals surface area contributed by atoms with Gasteiger partial charge in [-0.25, -0.2) is 0 Å². The molecule has 1 unspecified atom stereocenters. The Balaban J connectivity index is 4.36. The van der Waals surface area contributed by atoms with E-state index in [1.54, 1.807) is 0 Å². The minimum Gasteiger partial charge on any atom is -0.469 e. The van der Waals surface area contributed by atoms with Crippen LogP contribution < -0.4 is 0 Å². The van der Waals surface area contributed by atoms with Crippen LogP contribution in [0.5, 0.6) is 0 Å². The number of nitrogens with zero attached hydrogens (tertiary/aromatic N) is 1. The van der Waals surface area contributed by atoms with Crippen molar-refractivity contribution in [1.29, 1.82) is 0 Å². The Kier molecular flexibility index (Phi) is 4.19. The predicted molar refractivity (Wildman–Crippen MR) is 40.2 cm³/mol. The van der Waals surface area contributed by atoms with Gasteiger partial charge < -0.3 is 4.74 Å². The largest absolute Gasteiger partial charge is 0.469 e. The van der Waals surface area contributed by atoms with Gasteiger partial charge in [0.05, 0.1) is 13.5 Å². The molecule has 0 rings (SSSR count). The zero-order chi connectivity index (χ0) is 10.6. The second kappa shape index (κ2) is 4.45. The fraction of sp³-hybridized carbons (Fsp3) is 0.857. The number of hydrogen-bond acceptors (Lipinski definition) is 3. The van der Waals surface area contributed by atoms with Crippen LogP contribution in [0.25, 0.3) is 0 Å². The molecular formula is C7H12F3NO2.